The van der Waals surface area contributed by atoms with Crippen LogP contribution in [0.1, 0.15) is 39.0 Å². The van der Waals surface area contributed by atoms with E-state index in [2.05, 4.69) is 17.2 Å². The number of hydrogen-bond donors (Lipinski definition) is 3. The maximum Gasteiger partial charge on any atom is 0.408 e. The summed E-state index contributed by atoms with van der Waals surface area (Å²) in [6.45, 7) is 2.18. The van der Waals surface area contributed by atoms with E-state index in [1.807, 2.05) is 5.32 Å². The number of anilines is 1. The summed E-state index contributed by atoms with van der Waals surface area (Å²) in [6.07, 6.45) is -1.11. The fraction of sp³-hybridized carbons (Fsp3) is 0.632. The van der Waals surface area contributed by atoms with Crippen molar-refractivity contribution in [1.29, 1.82) is 0 Å². The molecule has 29 heavy (non-hydrogen) atoms. The summed E-state index contributed by atoms with van der Waals surface area (Å²) in [5.74, 6) is -0.154. The van der Waals surface area contributed by atoms with E-state index in [0.29, 0.717) is 5.92 Å². The Bertz CT molecular complexity index is 750. The lowest BCUT2D eigenvalue weighted by atomic mass is 9.79. The molecular weight excluding hydrogens is 389 g/mol. The van der Waals surface area contributed by atoms with Gasteiger partial charge in [-0.1, -0.05) is 19.8 Å². The Labute approximate surface area is 166 Å². The molecule has 3 atom stereocenters. The quantitative estimate of drug-likeness (QED) is 0.686. The second-order valence-corrected chi connectivity index (χ2v) is 7.86. The average molecular weight is 414 g/mol. The molecule has 2 aliphatic rings. The highest BCUT2D eigenvalue weighted by Crippen LogP contribution is 2.31. The largest absolute Gasteiger partial charge is 0.480 e. The third-order valence-electron chi connectivity index (χ3n) is 5.59. The number of halogens is 3. The third kappa shape index (κ3) is 5.37. The maximum atomic E-state index is 12.8. The number of carbonyl (C=O) groups is 2. The Morgan fingerprint density at radius 1 is 1.34 bits per heavy atom. The van der Waals surface area contributed by atoms with Gasteiger partial charge in [-0.3, -0.25) is 9.59 Å². The normalized spacial score (nSPS) is 28.5. The Balaban J connectivity index is 1.58. The van der Waals surface area contributed by atoms with Crippen molar-refractivity contribution in [2.45, 2.75) is 63.4 Å². The van der Waals surface area contributed by atoms with E-state index in [1.54, 1.807) is 0 Å². The average Bonchev–Trinajstić information content (AvgIpc) is 3.03. The van der Waals surface area contributed by atoms with E-state index in [1.165, 1.54) is 18.3 Å². The van der Waals surface area contributed by atoms with E-state index < -0.39 is 36.7 Å². The fourth-order valence-corrected chi connectivity index (χ4v) is 3.75. The van der Waals surface area contributed by atoms with E-state index in [9.17, 15) is 22.8 Å². The van der Waals surface area contributed by atoms with E-state index in [4.69, 9.17) is 10.5 Å². The highest BCUT2D eigenvalue weighted by Gasteiger charge is 2.48. The van der Waals surface area contributed by atoms with Gasteiger partial charge in [0.2, 0.25) is 5.91 Å². The lowest BCUT2D eigenvalue weighted by molar-refractivity contribution is -0.155. The molecular formula is C19H25F3N4O3. The number of carbonyl (C=O) groups excluding carboxylic acids is 2. The molecule has 0 spiro atoms. The Hall–Kier alpha value is -2.36. The monoisotopic (exact) mass is 414 g/mol. The minimum Gasteiger partial charge on any atom is -0.480 e. The summed E-state index contributed by atoms with van der Waals surface area (Å²) < 4.78 is 43.7. The summed E-state index contributed by atoms with van der Waals surface area (Å²) >= 11 is 0. The number of amides is 2. The molecule has 2 fully saturated rings. The Kier molecular flexibility index (Phi) is 6.30. The lowest BCUT2D eigenvalue weighted by Crippen LogP contribution is -2.43. The van der Waals surface area contributed by atoms with Crippen molar-refractivity contribution < 1.29 is 27.5 Å². The summed E-state index contributed by atoms with van der Waals surface area (Å²) in [7, 11) is 0. The molecule has 1 aliphatic heterocycles. The molecule has 1 aromatic heterocycles. The highest BCUT2D eigenvalue weighted by atomic mass is 19.4. The number of rotatable bonds is 5. The van der Waals surface area contributed by atoms with Gasteiger partial charge in [0, 0.05) is 18.7 Å². The van der Waals surface area contributed by atoms with Crippen molar-refractivity contribution in [3.63, 3.8) is 0 Å². The van der Waals surface area contributed by atoms with Gasteiger partial charge in [0.05, 0.1) is 6.04 Å². The molecule has 7 nitrogen and oxygen atoms in total. The summed E-state index contributed by atoms with van der Waals surface area (Å²) in [5, 5.41) is 4.50. The van der Waals surface area contributed by atoms with Gasteiger partial charge < -0.3 is 21.1 Å². The molecule has 0 unspecified atom stereocenters. The lowest BCUT2D eigenvalue weighted by Gasteiger charge is -2.29. The zero-order chi connectivity index (χ0) is 21.2. The van der Waals surface area contributed by atoms with E-state index >= 15 is 0 Å². The molecule has 160 valence electrons. The van der Waals surface area contributed by atoms with Crippen LogP contribution in [0.2, 0.25) is 0 Å². The number of hydrogen-bond acceptors (Lipinski definition) is 5. The second-order valence-electron chi connectivity index (χ2n) is 7.86. The zero-order valence-corrected chi connectivity index (χ0v) is 16.0. The molecule has 3 rings (SSSR count). The molecule has 4 N–H and O–H groups in total. The zero-order valence-electron chi connectivity index (χ0n) is 16.0. The first-order valence-corrected chi connectivity index (χ1v) is 9.69. The number of alkyl halides is 3. The molecule has 1 aromatic rings. The van der Waals surface area contributed by atoms with Crippen LogP contribution in [0, 0.1) is 11.8 Å². The van der Waals surface area contributed by atoms with Gasteiger partial charge in [0.25, 0.3) is 5.91 Å². The Morgan fingerprint density at radius 3 is 2.66 bits per heavy atom. The molecule has 0 radical (unpaired) electrons. The van der Waals surface area contributed by atoms with Crippen molar-refractivity contribution in [3.8, 4) is 5.75 Å². The van der Waals surface area contributed by atoms with Crippen molar-refractivity contribution in [2.75, 3.05) is 5.32 Å². The van der Waals surface area contributed by atoms with Gasteiger partial charge in [-0.05, 0) is 30.7 Å². The van der Waals surface area contributed by atoms with Gasteiger partial charge in [-0.2, -0.15) is 13.2 Å². The van der Waals surface area contributed by atoms with Gasteiger partial charge in [0.1, 0.15) is 17.6 Å². The van der Waals surface area contributed by atoms with Crippen LogP contribution >= 0.6 is 0 Å². The van der Waals surface area contributed by atoms with Crippen LogP contribution in [0.5, 0.6) is 5.75 Å². The van der Waals surface area contributed by atoms with Crippen LogP contribution < -0.4 is 21.1 Å². The topological polar surface area (TPSA) is 106 Å². The molecule has 0 aromatic carbocycles. The molecule has 0 bridgehead atoms. The van der Waals surface area contributed by atoms with E-state index in [0.717, 1.165) is 25.7 Å². The summed E-state index contributed by atoms with van der Waals surface area (Å²) in [5.41, 5.74) is 6.10. The SMILES string of the molecule is CC1CCC([C@H](N)C(=O)Nc2cc(O[C@H]3C[C@@H](C(F)(F)F)NC3=O)ccn2)CC1. The first-order valence-electron chi connectivity index (χ1n) is 9.69. The minimum absolute atomic E-state index is 0.104. The van der Waals surface area contributed by atoms with Crippen molar-refractivity contribution >= 4 is 17.6 Å². The van der Waals surface area contributed by atoms with Crippen LogP contribution in [-0.2, 0) is 9.59 Å². The number of ether oxygens (including phenoxy) is 1. The molecule has 10 heteroatoms. The van der Waals surface area contributed by atoms with Crippen LogP contribution in [0.25, 0.3) is 0 Å². The maximum absolute atomic E-state index is 12.8. The summed E-state index contributed by atoms with van der Waals surface area (Å²) in [6, 6.07) is 0.174. The smallest absolute Gasteiger partial charge is 0.408 e. The van der Waals surface area contributed by atoms with Crippen molar-refractivity contribution in [1.82, 2.24) is 10.3 Å². The predicted molar refractivity (Wildman–Crippen MR) is 99.0 cm³/mol. The highest BCUT2D eigenvalue weighted by molar-refractivity contribution is 5.94. The number of nitrogens with zero attached hydrogens (tertiary/aromatic N) is 1. The predicted octanol–water partition coefficient (Wildman–Crippen LogP) is 2.37. The number of nitrogens with one attached hydrogen (secondary N) is 2. The van der Waals surface area contributed by atoms with Crippen LogP contribution in [0.3, 0.4) is 0 Å². The number of nitrogens with two attached hydrogens (primary N) is 1. The third-order valence-corrected chi connectivity index (χ3v) is 5.59. The van der Waals surface area contributed by atoms with Crippen LogP contribution in [0.15, 0.2) is 18.3 Å². The molecule has 2 amide bonds. The molecule has 1 aliphatic carbocycles. The fourth-order valence-electron chi connectivity index (χ4n) is 3.75. The summed E-state index contributed by atoms with van der Waals surface area (Å²) in [4.78, 5) is 28.2. The number of aromatic nitrogens is 1. The second kappa shape index (κ2) is 8.56. The first-order chi connectivity index (χ1) is 13.6. The molecule has 2 heterocycles. The van der Waals surface area contributed by atoms with Crippen molar-refractivity contribution in [2.24, 2.45) is 17.6 Å². The molecule has 1 saturated carbocycles. The first kappa shape index (κ1) is 21.4. The van der Waals surface area contributed by atoms with Crippen LogP contribution in [0.4, 0.5) is 19.0 Å². The number of pyridine rings is 1. The van der Waals surface area contributed by atoms with Gasteiger partial charge in [0.15, 0.2) is 6.10 Å². The van der Waals surface area contributed by atoms with Crippen molar-refractivity contribution in [3.05, 3.63) is 18.3 Å². The van der Waals surface area contributed by atoms with E-state index in [-0.39, 0.29) is 23.4 Å². The molecule has 1 saturated heterocycles. The van der Waals surface area contributed by atoms with Gasteiger partial charge in [-0.25, -0.2) is 4.98 Å². The minimum atomic E-state index is -4.53. The Morgan fingerprint density at radius 2 is 2.03 bits per heavy atom. The van der Waals surface area contributed by atoms with Gasteiger partial charge >= 0.3 is 6.18 Å². The van der Waals surface area contributed by atoms with Crippen LogP contribution in [-0.4, -0.2) is 41.2 Å². The standard InChI is InChI=1S/C19H25F3N4O3/c1-10-2-4-11(5-3-10)16(23)18(28)26-15-8-12(6-7-24-15)29-13-9-14(19(20,21)22)25-17(13)27/h6-8,10-11,13-14,16H,2-5,9,23H2,1H3,(H,25,27)(H,24,26,28)/t10?,11?,13-,14-,16-/m0/s1. The van der Waals surface area contributed by atoms with Gasteiger partial charge in [-0.15, -0.1) is 0 Å².